The average Bonchev–Trinajstić information content (AvgIpc) is 2.87. The van der Waals surface area contributed by atoms with Gasteiger partial charge in [-0.2, -0.15) is 0 Å². The maximum Gasteiger partial charge on any atom is 0.264 e. The molecular weight excluding hydrogens is 464 g/mol. The number of ether oxygens (including phenoxy) is 2. The zero-order chi connectivity index (χ0) is 25.3. The highest BCUT2D eigenvalue weighted by molar-refractivity contribution is 7.92. The van der Waals surface area contributed by atoms with Crippen LogP contribution in [0.2, 0.25) is 0 Å². The van der Waals surface area contributed by atoms with Crippen molar-refractivity contribution in [2.45, 2.75) is 31.6 Å². The first-order valence-corrected chi connectivity index (χ1v) is 13.0. The van der Waals surface area contributed by atoms with E-state index < -0.39 is 15.9 Å². The molecule has 0 saturated heterocycles. The molecular formula is C27H32N2O5S. The second-order valence-electron chi connectivity index (χ2n) is 8.12. The lowest BCUT2D eigenvalue weighted by atomic mass is 10.1. The third kappa shape index (κ3) is 7.23. The number of carbonyl (C=O) groups is 1. The van der Waals surface area contributed by atoms with Gasteiger partial charge in [-0.05, 0) is 67.4 Å². The van der Waals surface area contributed by atoms with E-state index in [0.717, 1.165) is 28.5 Å². The largest absolute Gasteiger partial charge is 0.497 e. The zero-order valence-corrected chi connectivity index (χ0v) is 21.2. The minimum atomic E-state index is -3.98. The van der Waals surface area contributed by atoms with Crippen LogP contribution in [0.5, 0.6) is 11.5 Å². The molecule has 0 heterocycles. The van der Waals surface area contributed by atoms with Gasteiger partial charge in [0.2, 0.25) is 5.91 Å². The number of aryl methyl sites for hydroxylation is 2. The molecule has 0 aliphatic carbocycles. The third-order valence-corrected chi connectivity index (χ3v) is 7.20. The summed E-state index contributed by atoms with van der Waals surface area (Å²) in [6.45, 7) is 4.21. The first kappa shape index (κ1) is 26.1. The second-order valence-corrected chi connectivity index (χ2v) is 9.98. The summed E-state index contributed by atoms with van der Waals surface area (Å²) in [6.07, 6.45) is 2.10. The lowest BCUT2D eigenvalue weighted by molar-refractivity contribution is -0.119. The fraction of sp³-hybridized carbons (Fsp3) is 0.296. The summed E-state index contributed by atoms with van der Waals surface area (Å²) in [5.41, 5.74) is 2.65. The number of hydrogen-bond acceptors (Lipinski definition) is 5. The van der Waals surface area contributed by atoms with E-state index in [1.54, 1.807) is 24.3 Å². The minimum absolute atomic E-state index is 0.0709. The van der Waals surface area contributed by atoms with E-state index >= 15 is 0 Å². The molecule has 0 fully saturated rings. The van der Waals surface area contributed by atoms with Crippen molar-refractivity contribution in [3.63, 3.8) is 0 Å². The summed E-state index contributed by atoms with van der Waals surface area (Å²) in [6, 6.07) is 21.0. The van der Waals surface area contributed by atoms with E-state index in [9.17, 15) is 13.2 Å². The fourth-order valence-electron chi connectivity index (χ4n) is 3.49. The number of benzene rings is 3. The Hall–Kier alpha value is -3.52. The summed E-state index contributed by atoms with van der Waals surface area (Å²) in [5, 5.41) is 2.75. The molecule has 0 atom stereocenters. The SMILES string of the molecule is CCCc1ccc(OCCNC(=O)CN(c2ccc(C)cc2)S(=O)(=O)c2ccc(OC)cc2)cc1. The molecule has 8 heteroatoms. The van der Waals surface area contributed by atoms with Crippen LogP contribution in [-0.4, -0.2) is 41.1 Å². The van der Waals surface area contributed by atoms with Crippen molar-refractivity contribution in [2.24, 2.45) is 0 Å². The van der Waals surface area contributed by atoms with Crippen LogP contribution in [0.1, 0.15) is 24.5 Å². The molecule has 1 amide bonds. The number of methoxy groups -OCH3 is 1. The Morgan fingerprint density at radius 2 is 1.54 bits per heavy atom. The number of nitrogens with zero attached hydrogens (tertiary/aromatic N) is 1. The third-order valence-electron chi connectivity index (χ3n) is 5.41. The van der Waals surface area contributed by atoms with Gasteiger partial charge in [-0.3, -0.25) is 9.10 Å². The molecule has 0 saturated carbocycles. The van der Waals surface area contributed by atoms with Crippen molar-refractivity contribution in [1.82, 2.24) is 5.32 Å². The van der Waals surface area contributed by atoms with E-state index in [1.807, 2.05) is 43.3 Å². The minimum Gasteiger partial charge on any atom is -0.497 e. The number of rotatable bonds is 12. The van der Waals surface area contributed by atoms with Crippen LogP contribution >= 0.6 is 0 Å². The standard InChI is InChI=1S/C27H32N2O5S/c1-4-5-22-8-12-25(13-9-22)34-19-18-28-27(30)20-29(23-10-6-21(2)7-11-23)35(31,32)26-16-14-24(33-3)15-17-26/h6-17H,4-5,18-20H2,1-3H3,(H,28,30). The first-order chi connectivity index (χ1) is 16.8. The number of carbonyl (C=O) groups excluding carboxylic acids is 1. The van der Waals surface area contributed by atoms with Gasteiger partial charge in [-0.1, -0.05) is 43.2 Å². The number of anilines is 1. The van der Waals surface area contributed by atoms with Crippen LogP contribution in [0.4, 0.5) is 5.69 Å². The van der Waals surface area contributed by atoms with Gasteiger partial charge in [0, 0.05) is 0 Å². The van der Waals surface area contributed by atoms with E-state index in [-0.39, 0.29) is 24.6 Å². The highest BCUT2D eigenvalue weighted by Crippen LogP contribution is 2.25. The lowest BCUT2D eigenvalue weighted by Crippen LogP contribution is -2.41. The van der Waals surface area contributed by atoms with Crippen LogP contribution in [0, 0.1) is 6.92 Å². The number of hydrogen-bond donors (Lipinski definition) is 1. The van der Waals surface area contributed by atoms with Crippen molar-refractivity contribution in [1.29, 1.82) is 0 Å². The molecule has 0 radical (unpaired) electrons. The summed E-state index contributed by atoms with van der Waals surface area (Å²) < 4.78 is 38.8. The molecule has 0 aliphatic rings. The van der Waals surface area contributed by atoms with Crippen molar-refractivity contribution in [2.75, 3.05) is 31.1 Å². The van der Waals surface area contributed by atoms with E-state index in [4.69, 9.17) is 9.47 Å². The zero-order valence-electron chi connectivity index (χ0n) is 20.4. The molecule has 0 aromatic heterocycles. The van der Waals surface area contributed by atoms with Crippen molar-refractivity contribution >= 4 is 21.6 Å². The van der Waals surface area contributed by atoms with Crippen LogP contribution in [0.15, 0.2) is 77.7 Å². The lowest BCUT2D eigenvalue weighted by Gasteiger charge is -2.24. The van der Waals surface area contributed by atoms with Gasteiger partial charge >= 0.3 is 0 Å². The highest BCUT2D eigenvalue weighted by Gasteiger charge is 2.27. The molecule has 1 N–H and O–H groups in total. The normalized spacial score (nSPS) is 11.1. The molecule has 3 aromatic carbocycles. The molecule has 35 heavy (non-hydrogen) atoms. The topological polar surface area (TPSA) is 84.9 Å². The van der Waals surface area contributed by atoms with Gasteiger partial charge in [0.15, 0.2) is 0 Å². The van der Waals surface area contributed by atoms with E-state index in [1.165, 1.54) is 24.8 Å². The van der Waals surface area contributed by atoms with Crippen molar-refractivity contribution < 1.29 is 22.7 Å². The monoisotopic (exact) mass is 496 g/mol. The van der Waals surface area contributed by atoms with Gasteiger partial charge in [0.25, 0.3) is 10.0 Å². The Kier molecular flexibility index (Phi) is 9.14. The predicted octanol–water partition coefficient (Wildman–Crippen LogP) is 4.35. The average molecular weight is 497 g/mol. The molecule has 186 valence electrons. The Morgan fingerprint density at radius 1 is 0.914 bits per heavy atom. The van der Waals surface area contributed by atoms with Gasteiger partial charge in [-0.25, -0.2) is 8.42 Å². The van der Waals surface area contributed by atoms with E-state index in [2.05, 4.69) is 12.2 Å². The Balaban J connectivity index is 1.65. The maximum absolute atomic E-state index is 13.4. The van der Waals surface area contributed by atoms with Crippen molar-refractivity contribution in [3.05, 3.63) is 83.9 Å². The van der Waals surface area contributed by atoms with Gasteiger partial charge in [0.05, 0.1) is 24.2 Å². The van der Waals surface area contributed by atoms with Gasteiger partial charge in [-0.15, -0.1) is 0 Å². The summed E-state index contributed by atoms with van der Waals surface area (Å²) in [5.74, 6) is 0.843. The molecule has 7 nitrogen and oxygen atoms in total. The predicted molar refractivity (Wildman–Crippen MR) is 138 cm³/mol. The molecule has 0 unspecified atom stereocenters. The van der Waals surface area contributed by atoms with Crippen LogP contribution in [-0.2, 0) is 21.2 Å². The molecule has 0 bridgehead atoms. The highest BCUT2D eigenvalue weighted by atomic mass is 32.2. The van der Waals surface area contributed by atoms with Crippen molar-refractivity contribution in [3.8, 4) is 11.5 Å². The number of nitrogens with one attached hydrogen (secondary N) is 1. The number of sulfonamides is 1. The molecule has 0 spiro atoms. The number of amides is 1. The first-order valence-electron chi connectivity index (χ1n) is 11.6. The molecule has 3 rings (SSSR count). The smallest absolute Gasteiger partial charge is 0.264 e. The molecule has 3 aromatic rings. The van der Waals surface area contributed by atoms with Gasteiger partial charge in [0.1, 0.15) is 24.7 Å². The van der Waals surface area contributed by atoms with Crippen LogP contribution in [0.25, 0.3) is 0 Å². The van der Waals surface area contributed by atoms with E-state index in [0.29, 0.717) is 11.4 Å². The molecule has 0 aliphatic heterocycles. The van der Waals surface area contributed by atoms with Gasteiger partial charge < -0.3 is 14.8 Å². The van der Waals surface area contributed by atoms with Crippen LogP contribution in [0.3, 0.4) is 0 Å². The summed E-state index contributed by atoms with van der Waals surface area (Å²) in [7, 11) is -2.47. The Labute approximate surface area is 207 Å². The Morgan fingerprint density at radius 3 is 2.14 bits per heavy atom. The fourth-order valence-corrected chi connectivity index (χ4v) is 4.91. The maximum atomic E-state index is 13.4. The summed E-state index contributed by atoms with van der Waals surface area (Å²) >= 11 is 0. The summed E-state index contributed by atoms with van der Waals surface area (Å²) in [4.78, 5) is 12.8. The second kappa shape index (κ2) is 12.3. The quantitative estimate of drug-likeness (QED) is 0.377. The Bertz CT molecular complexity index is 1190. The van der Waals surface area contributed by atoms with Crippen LogP contribution < -0.4 is 19.1 Å².